The van der Waals surface area contributed by atoms with Crippen LogP contribution >= 0.6 is 0 Å². The molecule has 230 valence electrons. The monoisotopic (exact) mass is 607 g/mol. The first kappa shape index (κ1) is 32.2. The Morgan fingerprint density at radius 3 is 2.09 bits per heavy atom. The molecule has 0 aliphatic heterocycles. The molecule has 1 atom stereocenters. The number of nitrogens with one attached hydrogen (secondary N) is 1. The summed E-state index contributed by atoms with van der Waals surface area (Å²) < 4.78 is 42.9. The van der Waals surface area contributed by atoms with Gasteiger partial charge in [0.1, 0.15) is 18.4 Å². The minimum atomic E-state index is -4.15. The predicted molar refractivity (Wildman–Crippen MR) is 168 cm³/mol. The lowest BCUT2D eigenvalue weighted by molar-refractivity contribution is -0.140. The Kier molecular flexibility index (Phi) is 10.6. The van der Waals surface area contributed by atoms with Crippen molar-refractivity contribution in [1.82, 2.24) is 10.2 Å². The summed E-state index contributed by atoms with van der Waals surface area (Å²) in [6, 6.07) is 18.6. The van der Waals surface area contributed by atoms with Gasteiger partial charge in [0.05, 0.1) is 10.6 Å². The van der Waals surface area contributed by atoms with Crippen molar-refractivity contribution in [3.63, 3.8) is 0 Å². The van der Waals surface area contributed by atoms with E-state index in [0.717, 1.165) is 41.1 Å². The highest BCUT2D eigenvalue weighted by molar-refractivity contribution is 7.92. The topological polar surface area (TPSA) is 86.8 Å². The van der Waals surface area contributed by atoms with Crippen LogP contribution < -0.4 is 9.62 Å². The van der Waals surface area contributed by atoms with E-state index in [1.54, 1.807) is 36.4 Å². The molecule has 1 fully saturated rings. The Bertz CT molecular complexity index is 1480. The number of hydrogen-bond donors (Lipinski definition) is 1. The molecule has 0 spiro atoms. The summed E-state index contributed by atoms with van der Waals surface area (Å²) in [4.78, 5) is 29.2. The second kappa shape index (κ2) is 14.2. The number of aryl methyl sites for hydroxylation is 1. The first-order valence-electron chi connectivity index (χ1n) is 15.0. The standard InChI is InChI=1S/C34H42FN3O4S/c1-5-32(34(40)36-29-8-6-7-9-29)37(22-26-12-16-28(35)17-13-26)33(39)23-38(30-18-14-27(15-19-30)24(2)3)43(41,42)31-20-10-25(4)11-21-31/h10-21,24,29,32H,5-9,22-23H2,1-4H3,(H,36,40)/t32-/m0/s1. The van der Waals surface area contributed by atoms with Crippen LogP contribution in [0.2, 0.25) is 0 Å². The summed E-state index contributed by atoms with van der Waals surface area (Å²) in [6.07, 6.45) is 4.20. The fraction of sp³-hybridized carbons (Fsp3) is 0.412. The van der Waals surface area contributed by atoms with Crippen LogP contribution in [0.3, 0.4) is 0 Å². The van der Waals surface area contributed by atoms with Gasteiger partial charge in [0.15, 0.2) is 0 Å². The molecule has 0 aromatic heterocycles. The molecule has 1 aliphatic rings. The molecule has 0 bridgehead atoms. The highest BCUT2D eigenvalue weighted by Gasteiger charge is 2.34. The predicted octanol–water partition coefficient (Wildman–Crippen LogP) is 6.32. The van der Waals surface area contributed by atoms with Crippen LogP contribution in [-0.2, 0) is 26.2 Å². The second-order valence-corrected chi connectivity index (χ2v) is 13.5. The lowest BCUT2D eigenvalue weighted by Crippen LogP contribution is -2.53. The third-order valence-corrected chi connectivity index (χ3v) is 9.88. The van der Waals surface area contributed by atoms with Crippen molar-refractivity contribution in [3.8, 4) is 0 Å². The van der Waals surface area contributed by atoms with Crippen LogP contribution in [0.1, 0.15) is 75.5 Å². The number of halogens is 1. The van der Waals surface area contributed by atoms with Crippen LogP contribution in [0.5, 0.6) is 0 Å². The number of carbonyl (C=O) groups excluding carboxylic acids is 2. The molecule has 0 heterocycles. The average Bonchev–Trinajstić information content (AvgIpc) is 3.50. The normalized spacial score (nSPS) is 14.5. The summed E-state index contributed by atoms with van der Waals surface area (Å²) >= 11 is 0. The van der Waals surface area contributed by atoms with E-state index in [1.807, 2.05) is 39.8 Å². The third kappa shape index (κ3) is 8.02. The van der Waals surface area contributed by atoms with Crippen LogP contribution in [0.25, 0.3) is 0 Å². The lowest BCUT2D eigenvalue weighted by Gasteiger charge is -2.34. The number of sulfonamides is 1. The van der Waals surface area contributed by atoms with E-state index in [2.05, 4.69) is 5.32 Å². The molecule has 1 saturated carbocycles. The summed E-state index contributed by atoms with van der Waals surface area (Å²) in [7, 11) is -4.15. The van der Waals surface area contributed by atoms with E-state index >= 15 is 0 Å². The average molecular weight is 608 g/mol. The zero-order chi connectivity index (χ0) is 31.1. The van der Waals surface area contributed by atoms with Crippen molar-refractivity contribution < 1.29 is 22.4 Å². The van der Waals surface area contributed by atoms with E-state index in [9.17, 15) is 22.4 Å². The molecule has 43 heavy (non-hydrogen) atoms. The summed E-state index contributed by atoms with van der Waals surface area (Å²) in [5, 5.41) is 3.10. The maximum Gasteiger partial charge on any atom is 0.264 e. The quantitative estimate of drug-likeness (QED) is 0.261. The van der Waals surface area contributed by atoms with Crippen LogP contribution in [0, 0.1) is 12.7 Å². The molecule has 7 nitrogen and oxygen atoms in total. The van der Waals surface area contributed by atoms with Crippen molar-refractivity contribution in [3.05, 3.63) is 95.3 Å². The van der Waals surface area contributed by atoms with Crippen molar-refractivity contribution in [2.45, 2.75) is 89.2 Å². The Morgan fingerprint density at radius 2 is 1.53 bits per heavy atom. The third-order valence-electron chi connectivity index (χ3n) is 8.09. The summed E-state index contributed by atoms with van der Waals surface area (Å²) in [5.74, 6) is -0.957. The van der Waals surface area contributed by atoms with Crippen molar-refractivity contribution >= 4 is 27.5 Å². The molecular weight excluding hydrogens is 565 g/mol. The van der Waals surface area contributed by atoms with E-state index in [1.165, 1.54) is 29.2 Å². The Morgan fingerprint density at radius 1 is 0.930 bits per heavy atom. The van der Waals surface area contributed by atoms with Crippen molar-refractivity contribution in [1.29, 1.82) is 0 Å². The van der Waals surface area contributed by atoms with Gasteiger partial charge in [-0.3, -0.25) is 13.9 Å². The van der Waals surface area contributed by atoms with Gasteiger partial charge in [0.25, 0.3) is 10.0 Å². The van der Waals surface area contributed by atoms with Gasteiger partial charge in [0.2, 0.25) is 11.8 Å². The molecule has 0 saturated heterocycles. The van der Waals surface area contributed by atoms with E-state index in [0.29, 0.717) is 17.7 Å². The molecule has 2 amide bonds. The summed E-state index contributed by atoms with van der Waals surface area (Å²) in [6.45, 7) is 7.32. The van der Waals surface area contributed by atoms with Crippen LogP contribution in [0.4, 0.5) is 10.1 Å². The minimum absolute atomic E-state index is 0.0282. The highest BCUT2D eigenvalue weighted by atomic mass is 32.2. The van der Waals surface area contributed by atoms with Gasteiger partial charge in [0, 0.05) is 12.6 Å². The van der Waals surface area contributed by atoms with Gasteiger partial charge >= 0.3 is 0 Å². The molecular formula is C34H42FN3O4S. The lowest BCUT2D eigenvalue weighted by atomic mass is 10.0. The van der Waals surface area contributed by atoms with E-state index in [4.69, 9.17) is 0 Å². The molecule has 9 heteroatoms. The van der Waals surface area contributed by atoms with Gasteiger partial charge in [-0.05, 0) is 79.6 Å². The van der Waals surface area contributed by atoms with Gasteiger partial charge in [-0.1, -0.05) is 75.6 Å². The van der Waals surface area contributed by atoms with Crippen LogP contribution in [-0.4, -0.2) is 43.8 Å². The number of hydrogen-bond acceptors (Lipinski definition) is 4. The number of anilines is 1. The number of amides is 2. The number of rotatable bonds is 12. The Hall–Kier alpha value is -3.72. The molecule has 1 aliphatic carbocycles. The van der Waals surface area contributed by atoms with Crippen molar-refractivity contribution in [2.75, 3.05) is 10.8 Å². The first-order chi connectivity index (χ1) is 20.5. The first-order valence-corrected chi connectivity index (χ1v) is 16.5. The number of carbonyl (C=O) groups is 2. The number of nitrogens with zero attached hydrogens (tertiary/aromatic N) is 2. The van der Waals surface area contributed by atoms with Gasteiger partial charge in [-0.2, -0.15) is 0 Å². The zero-order valence-electron chi connectivity index (χ0n) is 25.4. The SMILES string of the molecule is CC[C@@H](C(=O)NC1CCCC1)N(Cc1ccc(F)cc1)C(=O)CN(c1ccc(C(C)C)cc1)S(=O)(=O)c1ccc(C)cc1. The summed E-state index contributed by atoms with van der Waals surface area (Å²) in [5.41, 5.74) is 2.93. The fourth-order valence-corrected chi connectivity index (χ4v) is 6.88. The maximum atomic E-state index is 14.2. The molecule has 3 aromatic rings. The molecule has 0 unspecified atom stereocenters. The maximum absolute atomic E-state index is 14.2. The van der Waals surface area contributed by atoms with Gasteiger partial charge < -0.3 is 10.2 Å². The van der Waals surface area contributed by atoms with E-state index in [-0.39, 0.29) is 29.3 Å². The Labute approximate surface area is 255 Å². The minimum Gasteiger partial charge on any atom is -0.352 e. The van der Waals surface area contributed by atoms with Crippen molar-refractivity contribution in [2.24, 2.45) is 0 Å². The molecule has 0 radical (unpaired) electrons. The van der Waals surface area contributed by atoms with Gasteiger partial charge in [-0.25, -0.2) is 12.8 Å². The molecule has 3 aromatic carbocycles. The largest absolute Gasteiger partial charge is 0.352 e. The second-order valence-electron chi connectivity index (χ2n) is 11.6. The molecule has 1 N–H and O–H groups in total. The van der Waals surface area contributed by atoms with Gasteiger partial charge in [-0.15, -0.1) is 0 Å². The fourth-order valence-electron chi connectivity index (χ4n) is 5.47. The van der Waals surface area contributed by atoms with E-state index < -0.39 is 34.3 Å². The number of benzene rings is 3. The molecule has 4 rings (SSSR count). The highest BCUT2D eigenvalue weighted by Crippen LogP contribution is 2.27. The Balaban J connectivity index is 1.72. The van der Waals surface area contributed by atoms with Crippen LogP contribution in [0.15, 0.2) is 77.7 Å². The smallest absolute Gasteiger partial charge is 0.264 e. The zero-order valence-corrected chi connectivity index (χ0v) is 26.2.